The van der Waals surface area contributed by atoms with Gasteiger partial charge in [0.15, 0.2) is 0 Å². The van der Waals surface area contributed by atoms with Crippen molar-refractivity contribution in [2.24, 2.45) is 23.7 Å². The molecule has 20 heavy (non-hydrogen) atoms. The summed E-state index contributed by atoms with van der Waals surface area (Å²) in [4.78, 5) is 2.63. The lowest BCUT2D eigenvalue weighted by atomic mass is 9.72. The van der Waals surface area contributed by atoms with Crippen LogP contribution < -0.4 is 5.32 Å². The number of rotatable bonds is 7. The van der Waals surface area contributed by atoms with Gasteiger partial charge in [-0.15, -0.1) is 0 Å². The van der Waals surface area contributed by atoms with Gasteiger partial charge in [-0.3, -0.25) is 0 Å². The van der Waals surface area contributed by atoms with Crippen molar-refractivity contribution in [1.29, 1.82) is 0 Å². The minimum atomic E-state index is 0.748. The van der Waals surface area contributed by atoms with E-state index in [1.165, 1.54) is 58.2 Å². The highest BCUT2D eigenvalue weighted by atomic mass is 15.1. The summed E-state index contributed by atoms with van der Waals surface area (Å²) in [5.74, 6) is 3.62. The van der Waals surface area contributed by atoms with Gasteiger partial charge in [0.1, 0.15) is 0 Å². The molecule has 0 heterocycles. The second kappa shape index (κ2) is 7.79. The molecule has 2 heteroatoms. The van der Waals surface area contributed by atoms with Crippen LogP contribution in [0.4, 0.5) is 0 Å². The second-order valence-corrected chi connectivity index (χ2v) is 7.80. The first kappa shape index (κ1) is 16.3. The Kier molecular flexibility index (Phi) is 6.35. The average molecular weight is 281 g/mol. The van der Waals surface area contributed by atoms with Gasteiger partial charge in [0.05, 0.1) is 0 Å². The Morgan fingerprint density at radius 3 is 2.45 bits per heavy atom. The Morgan fingerprint density at radius 2 is 1.85 bits per heavy atom. The zero-order chi connectivity index (χ0) is 14.5. The van der Waals surface area contributed by atoms with Crippen molar-refractivity contribution in [1.82, 2.24) is 10.2 Å². The van der Waals surface area contributed by atoms with Crippen molar-refractivity contribution in [3.8, 4) is 0 Å². The van der Waals surface area contributed by atoms with Crippen molar-refractivity contribution in [2.75, 3.05) is 26.7 Å². The second-order valence-electron chi connectivity index (χ2n) is 7.80. The summed E-state index contributed by atoms with van der Waals surface area (Å²) >= 11 is 0. The van der Waals surface area contributed by atoms with Crippen LogP contribution in [-0.2, 0) is 0 Å². The first-order valence-corrected chi connectivity index (χ1v) is 9.02. The smallest absolute Gasteiger partial charge is 0.0113 e. The van der Waals surface area contributed by atoms with Gasteiger partial charge in [-0.05, 0) is 69.4 Å². The molecule has 2 aliphatic rings. The molecule has 2 fully saturated rings. The highest BCUT2D eigenvalue weighted by Gasteiger charge is 2.34. The SMILES string of the molecule is CCCNC1CC(C)CC(C)C1CN(C)CC1CCC1. The highest BCUT2D eigenvalue weighted by Crippen LogP contribution is 2.35. The molecule has 118 valence electrons. The number of hydrogen-bond acceptors (Lipinski definition) is 2. The van der Waals surface area contributed by atoms with Crippen LogP contribution in [0.2, 0.25) is 0 Å². The van der Waals surface area contributed by atoms with Crippen LogP contribution in [0.1, 0.15) is 59.3 Å². The monoisotopic (exact) mass is 280 g/mol. The molecule has 0 amide bonds. The number of hydrogen-bond donors (Lipinski definition) is 1. The lowest BCUT2D eigenvalue weighted by Gasteiger charge is -2.43. The van der Waals surface area contributed by atoms with Gasteiger partial charge in [-0.25, -0.2) is 0 Å². The predicted molar refractivity (Wildman–Crippen MR) is 88.0 cm³/mol. The molecule has 2 nitrogen and oxygen atoms in total. The van der Waals surface area contributed by atoms with E-state index in [4.69, 9.17) is 0 Å². The van der Waals surface area contributed by atoms with Gasteiger partial charge in [-0.1, -0.05) is 27.2 Å². The molecular weight excluding hydrogens is 244 g/mol. The van der Waals surface area contributed by atoms with E-state index in [1.54, 1.807) is 0 Å². The molecule has 2 aliphatic carbocycles. The van der Waals surface area contributed by atoms with Gasteiger partial charge in [0.2, 0.25) is 0 Å². The third-order valence-electron chi connectivity index (χ3n) is 5.65. The van der Waals surface area contributed by atoms with E-state index < -0.39 is 0 Å². The normalized spacial score (nSPS) is 35.2. The quantitative estimate of drug-likeness (QED) is 0.763. The molecule has 2 saturated carbocycles. The van der Waals surface area contributed by atoms with E-state index in [9.17, 15) is 0 Å². The fraction of sp³-hybridized carbons (Fsp3) is 1.00. The number of nitrogens with one attached hydrogen (secondary N) is 1. The van der Waals surface area contributed by atoms with Crippen LogP contribution in [0.5, 0.6) is 0 Å². The minimum absolute atomic E-state index is 0.748. The van der Waals surface area contributed by atoms with Crippen LogP contribution in [0.3, 0.4) is 0 Å². The molecule has 4 unspecified atom stereocenters. The Labute approximate surface area is 126 Å². The summed E-state index contributed by atoms with van der Waals surface area (Å²) in [7, 11) is 2.35. The molecule has 0 aromatic rings. The summed E-state index contributed by atoms with van der Waals surface area (Å²) in [5.41, 5.74) is 0. The van der Waals surface area contributed by atoms with Crippen LogP contribution >= 0.6 is 0 Å². The summed E-state index contributed by atoms with van der Waals surface area (Å²) in [5, 5.41) is 3.84. The van der Waals surface area contributed by atoms with Crippen LogP contribution in [0.25, 0.3) is 0 Å². The highest BCUT2D eigenvalue weighted by molar-refractivity contribution is 4.89. The van der Waals surface area contributed by atoms with Gasteiger partial charge in [-0.2, -0.15) is 0 Å². The topological polar surface area (TPSA) is 15.3 Å². The molecule has 0 aromatic carbocycles. The molecule has 0 radical (unpaired) electrons. The Morgan fingerprint density at radius 1 is 1.10 bits per heavy atom. The van der Waals surface area contributed by atoms with Gasteiger partial charge in [0.25, 0.3) is 0 Å². The van der Waals surface area contributed by atoms with Crippen LogP contribution in [-0.4, -0.2) is 37.6 Å². The van der Waals surface area contributed by atoms with E-state index in [1.807, 2.05) is 0 Å². The average Bonchev–Trinajstić information content (AvgIpc) is 2.35. The van der Waals surface area contributed by atoms with E-state index in [2.05, 4.69) is 38.0 Å². The molecule has 2 rings (SSSR count). The molecule has 0 aromatic heterocycles. The third kappa shape index (κ3) is 4.46. The molecule has 0 bridgehead atoms. The summed E-state index contributed by atoms with van der Waals surface area (Å²) < 4.78 is 0. The fourth-order valence-corrected chi connectivity index (χ4v) is 4.33. The lowest BCUT2D eigenvalue weighted by Crippen LogP contribution is -2.49. The van der Waals surface area contributed by atoms with Crippen molar-refractivity contribution in [2.45, 2.75) is 65.3 Å². The van der Waals surface area contributed by atoms with Crippen molar-refractivity contribution in [3.63, 3.8) is 0 Å². The van der Waals surface area contributed by atoms with Gasteiger partial charge >= 0.3 is 0 Å². The molecule has 0 saturated heterocycles. The van der Waals surface area contributed by atoms with Gasteiger partial charge in [0, 0.05) is 19.1 Å². The van der Waals surface area contributed by atoms with E-state index in [-0.39, 0.29) is 0 Å². The Bertz CT molecular complexity index is 275. The Balaban J connectivity index is 1.86. The van der Waals surface area contributed by atoms with Crippen LogP contribution in [0, 0.1) is 23.7 Å². The maximum Gasteiger partial charge on any atom is 0.0113 e. The number of nitrogens with zero attached hydrogens (tertiary/aromatic N) is 1. The first-order valence-electron chi connectivity index (χ1n) is 9.02. The molecule has 4 atom stereocenters. The summed E-state index contributed by atoms with van der Waals surface area (Å²) in [6.07, 6.45) is 8.47. The molecule has 1 N–H and O–H groups in total. The zero-order valence-corrected chi connectivity index (χ0v) is 14.2. The van der Waals surface area contributed by atoms with Crippen molar-refractivity contribution in [3.05, 3.63) is 0 Å². The molecular formula is C18H36N2. The summed E-state index contributed by atoms with van der Waals surface area (Å²) in [6.45, 7) is 11.0. The van der Waals surface area contributed by atoms with E-state index >= 15 is 0 Å². The Hall–Kier alpha value is -0.0800. The first-order chi connectivity index (χ1) is 9.60. The zero-order valence-electron chi connectivity index (χ0n) is 14.2. The lowest BCUT2D eigenvalue weighted by molar-refractivity contribution is 0.0965. The maximum atomic E-state index is 3.84. The minimum Gasteiger partial charge on any atom is -0.314 e. The largest absolute Gasteiger partial charge is 0.314 e. The van der Waals surface area contributed by atoms with Crippen molar-refractivity contribution >= 4 is 0 Å². The molecule has 0 aliphatic heterocycles. The maximum absolute atomic E-state index is 3.84. The summed E-state index contributed by atoms with van der Waals surface area (Å²) in [6, 6.07) is 0.748. The van der Waals surface area contributed by atoms with E-state index in [0.29, 0.717) is 0 Å². The van der Waals surface area contributed by atoms with Crippen molar-refractivity contribution < 1.29 is 0 Å². The predicted octanol–water partition coefficient (Wildman–Crippen LogP) is 3.77. The van der Waals surface area contributed by atoms with Crippen LogP contribution in [0.15, 0.2) is 0 Å². The van der Waals surface area contributed by atoms with Gasteiger partial charge < -0.3 is 10.2 Å². The molecule has 0 spiro atoms. The standard InChI is InChI=1S/C18H36N2/c1-5-9-19-18-11-14(2)10-15(3)17(18)13-20(4)12-16-7-6-8-16/h14-19H,5-13H2,1-4H3. The van der Waals surface area contributed by atoms with E-state index in [0.717, 1.165) is 29.7 Å². The fourth-order valence-electron chi connectivity index (χ4n) is 4.33. The third-order valence-corrected chi connectivity index (χ3v) is 5.65.